The van der Waals surface area contributed by atoms with E-state index in [4.69, 9.17) is 0 Å². The van der Waals surface area contributed by atoms with Crippen molar-refractivity contribution >= 4 is 15.9 Å². The van der Waals surface area contributed by atoms with Gasteiger partial charge in [0.25, 0.3) is 0 Å². The number of rotatable bonds is 5. The Morgan fingerprint density at radius 3 is 2.58 bits per heavy atom. The highest BCUT2D eigenvalue weighted by Crippen LogP contribution is 2.38. The molecule has 0 spiro atoms. The molecule has 0 saturated carbocycles. The molecule has 1 aliphatic heterocycles. The lowest BCUT2D eigenvalue weighted by Gasteiger charge is -2.42. The number of likely N-dealkylation sites (tertiary alicyclic amines) is 1. The number of aliphatic hydroxyl groups excluding tert-OH is 1. The highest BCUT2D eigenvalue weighted by atomic mass is 79.9. The maximum Gasteiger partial charge on any atom is 0.115 e. The Bertz CT molecular complexity index is 428. The van der Waals surface area contributed by atoms with E-state index in [1.54, 1.807) is 6.20 Å². The molecule has 2 atom stereocenters. The first-order valence-electron chi connectivity index (χ1n) is 7.19. The van der Waals surface area contributed by atoms with Crippen molar-refractivity contribution in [1.82, 2.24) is 14.7 Å². The first kappa shape index (κ1) is 15.0. The summed E-state index contributed by atoms with van der Waals surface area (Å²) in [4.78, 5) is 2.43. The molecule has 1 aliphatic rings. The number of halogens is 1. The van der Waals surface area contributed by atoms with Crippen LogP contribution in [0.4, 0.5) is 0 Å². The molecule has 0 aromatic carbocycles. The average Bonchev–Trinajstić information content (AvgIpc) is 3.06. The van der Waals surface area contributed by atoms with Gasteiger partial charge >= 0.3 is 0 Å². The largest absolute Gasteiger partial charge is 0.385 e. The van der Waals surface area contributed by atoms with Crippen LogP contribution >= 0.6 is 15.9 Å². The zero-order chi connectivity index (χ0) is 14.0. The van der Waals surface area contributed by atoms with Crippen LogP contribution in [0, 0.1) is 0 Å². The molecule has 2 heterocycles. The Morgan fingerprint density at radius 2 is 2.05 bits per heavy atom. The van der Waals surface area contributed by atoms with Gasteiger partial charge in [0, 0.05) is 12.1 Å². The van der Waals surface area contributed by atoms with Gasteiger partial charge in [-0.15, -0.1) is 0 Å². The Hall–Kier alpha value is -0.390. The summed E-state index contributed by atoms with van der Waals surface area (Å²) < 4.78 is 2.79. The summed E-state index contributed by atoms with van der Waals surface area (Å²) in [5.74, 6) is 0. The van der Waals surface area contributed by atoms with Crippen LogP contribution in [0.15, 0.2) is 10.7 Å². The summed E-state index contributed by atoms with van der Waals surface area (Å²) in [5, 5.41) is 15.3. The molecule has 5 heteroatoms. The van der Waals surface area contributed by atoms with Gasteiger partial charge in [0.05, 0.1) is 16.4 Å². The minimum absolute atomic E-state index is 0.216. The third-order valence-corrected chi connectivity index (χ3v) is 5.14. The fourth-order valence-electron chi connectivity index (χ4n) is 3.01. The monoisotopic (exact) mass is 329 g/mol. The second-order valence-electron chi connectivity index (χ2n) is 5.50. The molecule has 19 heavy (non-hydrogen) atoms. The summed E-state index contributed by atoms with van der Waals surface area (Å²) in [7, 11) is 0. The zero-order valence-electron chi connectivity index (χ0n) is 12.1. The smallest absolute Gasteiger partial charge is 0.115 e. The molecule has 2 unspecified atom stereocenters. The first-order chi connectivity index (χ1) is 9.04. The number of aliphatic hydroxyl groups is 1. The second kappa shape index (κ2) is 5.94. The summed E-state index contributed by atoms with van der Waals surface area (Å²) in [6.07, 6.45) is 4.65. The minimum Gasteiger partial charge on any atom is -0.385 e. The van der Waals surface area contributed by atoms with Crippen LogP contribution in [-0.2, 0) is 6.54 Å². The maximum absolute atomic E-state index is 10.9. The third kappa shape index (κ3) is 2.60. The molecule has 4 nitrogen and oxygen atoms in total. The molecule has 0 bridgehead atoms. The Balaban J connectivity index is 2.34. The molecular formula is C14H24BrN3O. The zero-order valence-corrected chi connectivity index (χ0v) is 13.7. The molecule has 1 fully saturated rings. The summed E-state index contributed by atoms with van der Waals surface area (Å²) in [5.41, 5.74) is 0.685. The SMILES string of the molecule is CCn1ncc(Br)c1C(O)C(C)(CC)N1CCCC1. The predicted molar refractivity (Wildman–Crippen MR) is 80.1 cm³/mol. The molecule has 1 aromatic heterocycles. The van der Waals surface area contributed by atoms with Gasteiger partial charge in [-0.05, 0) is 62.1 Å². The molecule has 1 N–H and O–H groups in total. The lowest BCUT2D eigenvalue weighted by atomic mass is 9.87. The summed E-state index contributed by atoms with van der Waals surface area (Å²) in [6, 6.07) is 0. The Morgan fingerprint density at radius 1 is 1.42 bits per heavy atom. The van der Waals surface area contributed by atoms with E-state index < -0.39 is 6.10 Å². The molecule has 108 valence electrons. The van der Waals surface area contributed by atoms with E-state index in [2.05, 4.69) is 46.7 Å². The van der Waals surface area contributed by atoms with Crippen molar-refractivity contribution in [2.75, 3.05) is 13.1 Å². The summed E-state index contributed by atoms with van der Waals surface area (Å²) >= 11 is 3.53. The average molecular weight is 330 g/mol. The van der Waals surface area contributed by atoms with E-state index in [0.29, 0.717) is 0 Å². The van der Waals surface area contributed by atoms with Crippen molar-refractivity contribution < 1.29 is 5.11 Å². The molecule has 0 amide bonds. The Labute approximate surface area is 123 Å². The maximum atomic E-state index is 10.9. The van der Waals surface area contributed by atoms with Crippen LogP contribution < -0.4 is 0 Å². The first-order valence-corrected chi connectivity index (χ1v) is 7.98. The number of aromatic nitrogens is 2. The van der Waals surface area contributed by atoms with Crippen molar-refractivity contribution in [3.8, 4) is 0 Å². The number of nitrogens with zero attached hydrogens (tertiary/aromatic N) is 3. The van der Waals surface area contributed by atoms with Gasteiger partial charge in [0.15, 0.2) is 0 Å². The van der Waals surface area contributed by atoms with Crippen LogP contribution in [-0.4, -0.2) is 38.4 Å². The highest BCUT2D eigenvalue weighted by molar-refractivity contribution is 9.10. The minimum atomic E-state index is -0.521. The van der Waals surface area contributed by atoms with Crippen LogP contribution in [0.25, 0.3) is 0 Å². The standard InChI is InChI=1S/C14H24BrN3O/c1-4-14(3,17-8-6-7-9-17)13(19)12-11(15)10-16-18(12)5-2/h10,13,19H,4-9H2,1-3H3. The van der Waals surface area contributed by atoms with Crippen molar-refractivity contribution in [2.45, 2.75) is 58.2 Å². The topological polar surface area (TPSA) is 41.3 Å². The summed E-state index contributed by atoms with van der Waals surface area (Å²) in [6.45, 7) is 9.32. The van der Waals surface area contributed by atoms with Crippen molar-refractivity contribution in [1.29, 1.82) is 0 Å². The second-order valence-corrected chi connectivity index (χ2v) is 6.36. The molecule has 0 aliphatic carbocycles. The number of hydrogen-bond acceptors (Lipinski definition) is 3. The van der Waals surface area contributed by atoms with E-state index in [-0.39, 0.29) is 5.54 Å². The van der Waals surface area contributed by atoms with E-state index >= 15 is 0 Å². The normalized spacial score (nSPS) is 21.5. The van der Waals surface area contributed by atoms with Crippen molar-refractivity contribution in [3.05, 3.63) is 16.4 Å². The van der Waals surface area contributed by atoms with Gasteiger partial charge in [-0.3, -0.25) is 9.58 Å². The van der Waals surface area contributed by atoms with Gasteiger partial charge in [0.1, 0.15) is 6.10 Å². The number of hydrogen-bond donors (Lipinski definition) is 1. The van der Waals surface area contributed by atoms with Gasteiger partial charge in [-0.2, -0.15) is 5.10 Å². The van der Waals surface area contributed by atoms with Crippen LogP contribution in [0.2, 0.25) is 0 Å². The van der Waals surface area contributed by atoms with Gasteiger partial charge in [-0.1, -0.05) is 6.92 Å². The van der Waals surface area contributed by atoms with Gasteiger partial charge in [-0.25, -0.2) is 0 Å². The fraction of sp³-hybridized carbons (Fsp3) is 0.786. The highest BCUT2D eigenvalue weighted by Gasteiger charge is 2.41. The van der Waals surface area contributed by atoms with Crippen LogP contribution in [0.5, 0.6) is 0 Å². The number of aryl methyl sites for hydroxylation is 1. The quantitative estimate of drug-likeness (QED) is 0.902. The molecule has 0 radical (unpaired) electrons. The molecule has 1 saturated heterocycles. The van der Waals surface area contributed by atoms with E-state index in [1.165, 1.54) is 12.8 Å². The van der Waals surface area contributed by atoms with Crippen LogP contribution in [0.3, 0.4) is 0 Å². The van der Waals surface area contributed by atoms with E-state index in [0.717, 1.165) is 36.2 Å². The van der Waals surface area contributed by atoms with Gasteiger partial charge in [0.2, 0.25) is 0 Å². The van der Waals surface area contributed by atoms with Gasteiger partial charge < -0.3 is 5.11 Å². The fourth-order valence-corrected chi connectivity index (χ4v) is 3.52. The predicted octanol–water partition coefficient (Wildman–Crippen LogP) is 2.96. The van der Waals surface area contributed by atoms with Crippen molar-refractivity contribution in [2.24, 2.45) is 0 Å². The molecule has 1 aromatic rings. The lowest BCUT2D eigenvalue weighted by Crippen LogP contribution is -2.49. The molecule has 2 rings (SSSR count). The lowest BCUT2D eigenvalue weighted by molar-refractivity contribution is -0.0191. The van der Waals surface area contributed by atoms with Crippen LogP contribution in [0.1, 0.15) is 51.8 Å². The Kier molecular flexibility index (Phi) is 4.69. The van der Waals surface area contributed by atoms with E-state index in [1.807, 2.05) is 4.68 Å². The van der Waals surface area contributed by atoms with Crippen molar-refractivity contribution in [3.63, 3.8) is 0 Å². The third-order valence-electron chi connectivity index (χ3n) is 4.53. The molecular weight excluding hydrogens is 306 g/mol. The van der Waals surface area contributed by atoms with E-state index in [9.17, 15) is 5.11 Å².